The van der Waals surface area contributed by atoms with Gasteiger partial charge in [-0.15, -0.1) is 0 Å². The molecule has 3 atom stereocenters. The zero-order valence-electron chi connectivity index (χ0n) is 11.7. The van der Waals surface area contributed by atoms with E-state index >= 15 is 0 Å². The number of aliphatic hydroxyl groups excluding tert-OH is 1. The number of carbonyl (C=O) groups is 2. The van der Waals surface area contributed by atoms with Gasteiger partial charge in [0.2, 0.25) is 5.91 Å². The van der Waals surface area contributed by atoms with Gasteiger partial charge in [-0.1, -0.05) is 30.3 Å². The quantitative estimate of drug-likeness (QED) is 0.668. The predicted molar refractivity (Wildman–Crippen MR) is 74.7 cm³/mol. The van der Waals surface area contributed by atoms with E-state index in [1.54, 1.807) is 13.1 Å². The minimum atomic E-state index is -0.688. The second-order valence-corrected chi connectivity index (χ2v) is 5.50. The summed E-state index contributed by atoms with van der Waals surface area (Å²) in [6, 6.07) is 9.34. The van der Waals surface area contributed by atoms with Crippen molar-refractivity contribution in [2.75, 3.05) is 0 Å². The van der Waals surface area contributed by atoms with Crippen LogP contribution in [0.25, 0.3) is 0 Å². The Morgan fingerprint density at radius 2 is 2.14 bits per heavy atom. The third-order valence-corrected chi connectivity index (χ3v) is 4.03. The summed E-state index contributed by atoms with van der Waals surface area (Å²) < 4.78 is 5.26. The Hall–Kier alpha value is -2.14. The molecular weight excluding hydrogens is 270 g/mol. The average Bonchev–Trinajstić information content (AvgIpc) is 2.85. The summed E-state index contributed by atoms with van der Waals surface area (Å²) in [4.78, 5) is 25.4. The molecule has 1 fully saturated rings. The number of hydrogen-bond acceptors (Lipinski definition) is 4. The summed E-state index contributed by atoms with van der Waals surface area (Å²) in [6.07, 6.45) is 1.32. The fourth-order valence-corrected chi connectivity index (χ4v) is 2.90. The highest BCUT2D eigenvalue weighted by molar-refractivity contribution is 5.95. The lowest BCUT2D eigenvalue weighted by molar-refractivity contribution is -0.156. The third-order valence-electron chi connectivity index (χ3n) is 4.03. The Kier molecular flexibility index (Phi) is 3.51. The second-order valence-electron chi connectivity index (χ2n) is 5.50. The lowest BCUT2D eigenvalue weighted by Gasteiger charge is -2.43. The summed E-state index contributed by atoms with van der Waals surface area (Å²) in [5, 5.41) is 9.58. The van der Waals surface area contributed by atoms with Crippen molar-refractivity contribution >= 4 is 11.9 Å². The van der Waals surface area contributed by atoms with Gasteiger partial charge in [0.15, 0.2) is 0 Å². The standard InChI is InChI=1S/C16H17NO4/c1-10(18)14-13-7-12(8-17(13)15(14)19)16(20)21-9-11-5-3-2-4-6-11/h2-6,8,10,13-14,18H,7,9H2,1H3/t10?,13-,14+/m0/s1. The first-order chi connectivity index (χ1) is 10.1. The van der Waals surface area contributed by atoms with Gasteiger partial charge in [-0.05, 0) is 12.5 Å². The van der Waals surface area contributed by atoms with Gasteiger partial charge in [0, 0.05) is 12.6 Å². The van der Waals surface area contributed by atoms with Crippen molar-refractivity contribution in [2.24, 2.45) is 5.92 Å². The van der Waals surface area contributed by atoms with Crippen LogP contribution in [0.5, 0.6) is 0 Å². The van der Waals surface area contributed by atoms with Gasteiger partial charge in [-0.3, -0.25) is 4.79 Å². The molecule has 3 rings (SSSR count). The topological polar surface area (TPSA) is 66.8 Å². The molecular formula is C16H17NO4. The number of nitrogens with zero attached hydrogens (tertiary/aromatic N) is 1. The van der Waals surface area contributed by atoms with Gasteiger partial charge in [0.25, 0.3) is 0 Å². The van der Waals surface area contributed by atoms with Crippen LogP contribution < -0.4 is 0 Å². The smallest absolute Gasteiger partial charge is 0.335 e. The fourth-order valence-electron chi connectivity index (χ4n) is 2.90. The highest BCUT2D eigenvalue weighted by Gasteiger charge is 2.52. The Bertz CT molecular complexity index is 594. The van der Waals surface area contributed by atoms with Gasteiger partial charge in [-0.25, -0.2) is 4.79 Å². The van der Waals surface area contributed by atoms with Crippen molar-refractivity contribution < 1.29 is 19.4 Å². The van der Waals surface area contributed by atoms with Gasteiger partial charge in [0.1, 0.15) is 6.61 Å². The normalized spacial score (nSPS) is 25.0. The Morgan fingerprint density at radius 1 is 1.43 bits per heavy atom. The molecule has 1 aromatic rings. The first-order valence-electron chi connectivity index (χ1n) is 7.00. The molecule has 1 N–H and O–H groups in total. The summed E-state index contributed by atoms with van der Waals surface area (Å²) in [6.45, 7) is 1.82. The van der Waals surface area contributed by atoms with Gasteiger partial charge in [0.05, 0.1) is 23.6 Å². The van der Waals surface area contributed by atoms with Crippen molar-refractivity contribution in [3.8, 4) is 0 Å². The van der Waals surface area contributed by atoms with Crippen LogP contribution in [-0.4, -0.2) is 34.0 Å². The monoisotopic (exact) mass is 287 g/mol. The maximum Gasteiger partial charge on any atom is 0.335 e. The van der Waals surface area contributed by atoms with Crippen LogP contribution in [0.2, 0.25) is 0 Å². The molecule has 0 aliphatic carbocycles. The highest BCUT2D eigenvalue weighted by Crippen LogP contribution is 2.39. The molecule has 5 nitrogen and oxygen atoms in total. The maximum atomic E-state index is 12.0. The van der Waals surface area contributed by atoms with Crippen molar-refractivity contribution in [1.82, 2.24) is 4.90 Å². The van der Waals surface area contributed by atoms with Crippen molar-refractivity contribution in [3.05, 3.63) is 47.7 Å². The predicted octanol–water partition coefficient (Wildman–Crippen LogP) is 1.23. The number of hydrogen-bond donors (Lipinski definition) is 1. The number of aliphatic hydroxyl groups is 1. The molecule has 21 heavy (non-hydrogen) atoms. The summed E-state index contributed by atoms with van der Waals surface area (Å²) >= 11 is 0. The largest absolute Gasteiger partial charge is 0.457 e. The molecule has 5 heteroatoms. The zero-order valence-corrected chi connectivity index (χ0v) is 11.7. The molecule has 0 bridgehead atoms. The fraction of sp³-hybridized carbons (Fsp3) is 0.375. The summed E-state index contributed by atoms with van der Waals surface area (Å²) in [5.74, 6) is -0.924. The maximum absolute atomic E-state index is 12.0. The number of rotatable bonds is 4. The Balaban J connectivity index is 1.59. The number of carbonyl (C=O) groups excluding carboxylic acids is 2. The van der Waals surface area contributed by atoms with Crippen LogP contribution >= 0.6 is 0 Å². The van der Waals surface area contributed by atoms with E-state index in [-0.39, 0.29) is 18.6 Å². The molecule has 1 aromatic carbocycles. The molecule has 2 aliphatic heterocycles. The van der Waals surface area contributed by atoms with E-state index in [1.807, 2.05) is 30.3 Å². The third kappa shape index (κ3) is 2.45. The second kappa shape index (κ2) is 5.33. The lowest BCUT2D eigenvalue weighted by atomic mass is 9.83. The van der Waals surface area contributed by atoms with Gasteiger partial charge < -0.3 is 14.7 Å². The van der Waals surface area contributed by atoms with Crippen molar-refractivity contribution in [2.45, 2.75) is 32.1 Å². The number of fused-ring (bicyclic) bond motifs is 1. The minimum absolute atomic E-state index is 0.100. The molecule has 0 radical (unpaired) electrons. The van der Waals surface area contributed by atoms with E-state index in [9.17, 15) is 14.7 Å². The zero-order chi connectivity index (χ0) is 15.0. The van der Waals surface area contributed by atoms with E-state index in [4.69, 9.17) is 4.74 Å². The van der Waals surface area contributed by atoms with Gasteiger partial charge in [-0.2, -0.15) is 0 Å². The van der Waals surface area contributed by atoms with Crippen molar-refractivity contribution in [1.29, 1.82) is 0 Å². The molecule has 0 aromatic heterocycles. The molecule has 2 aliphatic rings. The van der Waals surface area contributed by atoms with Crippen LogP contribution in [0.15, 0.2) is 42.1 Å². The van der Waals surface area contributed by atoms with E-state index < -0.39 is 18.0 Å². The number of β-lactam (4-membered cyclic amide) rings is 1. The molecule has 0 saturated carbocycles. The van der Waals surface area contributed by atoms with Crippen LogP contribution in [0.4, 0.5) is 0 Å². The summed E-state index contributed by atoms with van der Waals surface area (Å²) in [5.41, 5.74) is 1.41. The number of amides is 1. The lowest BCUT2D eigenvalue weighted by Crippen LogP contribution is -2.59. The van der Waals surface area contributed by atoms with Crippen LogP contribution in [0, 0.1) is 5.92 Å². The molecule has 110 valence electrons. The number of ether oxygens (including phenoxy) is 1. The molecule has 2 heterocycles. The highest BCUT2D eigenvalue weighted by atomic mass is 16.5. The van der Waals surface area contributed by atoms with E-state index in [0.717, 1.165) is 5.56 Å². The van der Waals surface area contributed by atoms with E-state index in [2.05, 4.69) is 0 Å². The van der Waals surface area contributed by atoms with Crippen LogP contribution in [0.1, 0.15) is 18.9 Å². The first-order valence-corrected chi connectivity index (χ1v) is 7.00. The minimum Gasteiger partial charge on any atom is -0.457 e. The molecule has 1 amide bonds. The van der Waals surface area contributed by atoms with E-state index in [1.165, 1.54) is 4.90 Å². The van der Waals surface area contributed by atoms with Gasteiger partial charge >= 0.3 is 5.97 Å². The molecule has 1 unspecified atom stereocenters. The van der Waals surface area contributed by atoms with Crippen LogP contribution in [-0.2, 0) is 20.9 Å². The first kappa shape index (κ1) is 13.8. The SMILES string of the molecule is CC(O)[C@H]1C(=O)N2C=C(C(=O)OCc3ccccc3)C[C@@H]12. The Morgan fingerprint density at radius 3 is 2.81 bits per heavy atom. The molecule has 1 saturated heterocycles. The Labute approximate surface area is 122 Å². The average molecular weight is 287 g/mol. The number of esters is 1. The number of benzene rings is 1. The summed E-state index contributed by atoms with van der Waals surface area (Å²) in [7, 11) is 0. The van der Waals surface area contributed by atoms with Crippen molar-refractivity contribution in [3.63, 3.8) is 0 Å². The van der Waals surface area contributed by atoms with E-state index in [0.29, 0.717) is 12.0 Å². The van der Waals surface area contributed by atoms with Crippen LogP contribution in [0.3, 0.4) is 0 Å². The molecule has 0 spiro atoms.